The van der Waals surface area contributed by atoms with E-state index >= 15 is 0 Å². The van der Waals surface area contributed by atoms with Crippen LogP contribution in [0.3, 0.4) is 0 Å². The average Bonchev–Trinajstić information content (AvgIpc) is 2.71. The van der Waals surface area contributed by atoms with E-state index in [0.29, 0.717) is 23.3 Å². The zero-order valence-corrected chi connectivity index (χ0v) is 15.9. The molecule has 13 heteroatoms. The van der Waals surface area contributed by atoms with Crippen LogP contribution in [0.4, 0.5) is 39.5 Å². The van der Waals surface area contributed by atoms with E-state index in [4.69, 9.17) is 9.90 Å². The fraction of sp³-hybridized carbons (Fsp3) is 0.200. The lowest BCUT2D eigenvalue weighted by Crippen LogP contribution is -2.53. The number of pyridine rings is 1. The number of nitrogens with zero attached hydrogens (tertiary/aromatic N) is 1. The first kappa shape index (κ1) is 25.9. The zero-order valence-electron chi connectivity index (χ0n) is 15.9. The number of rotatable bonds is 2. The number of aromatic nitrogens is 1. The maximum Gasteiger partial charge on any atom is 0.490 e. The Morgan fingerprint density at radius 1 is 0.758 bits per heavy atom. The standard InChI is InChI=1S/C18H11F6NO.C2HF3O2/c19-17(20,21)16(26,18(22,23)24)13-7-5-11(6-8-13)15-10-25-9-12-3-1-2-4-14(12)15;3-2(4,5)1(6)7/h1-10,26H;(H,6,7). The van der Waals surface area contributed by atoms with Gasteiger partial charge in [0.1, 0.15) is 0 Å². The molecule has 2 N–H and O–H groups in total. The molecule has 4 nitrogen and oxygen atoms in total. The van der Waals surface area contributed by atoms with Crippen molar-refractivity contribution in [1.82, 2.24) is 4.98 Å². The maximum absolute atomic E-state index is 12.9. The quantitative estimate of drug-likeness (QED) is 0.447. The Balaban J connectivity index is 0.000000479. The highest BCUT2D eigenvalue weighted by molar-refractivity contribution is 5.95. The van der Waals surface area contributed by atoms with Gasteiger partial charge in [-0.15, -0.1) is 0 Å². The lowest BCUT2D eigenvalue weighted by Gasteiger charge is -2.32. The summed E-state index contributed by atoms with van der Waals surface area (Å²) >= 11 is 0. The Morgan fingerprint density at radius 3 is 1.70 bits per heavy atom. The number of benzene rings is 2. The van der Waals surface area contributed by atoms with Crippen molar-refractivity contribution in [3.8, 4) is 11.1 Å². The lowest BCUT2D eigenvalue weighted by molar-refractivity contribution is -0.376. The van der Waals surface area contributed by atoms with Crippen LogP contribution < -0.4 is 0 Å². The normalized spacial score (nSPS) is 12.8. The summed E-state index contributed by atoms with van der Waals surface area (Å²) in [6.45, 7) is 0. The van der Waals surface area contributed by atoms with Crippen molar-refractivity contribution in [3.63, 3.8) is 0 Å². The molecule has 0 saturated heterocycles. The molecule has 0 aliphatic carbocycles. The summed E-state index contributed by atoms with van der Waals surface area (Å²) in [5.41, 5.74) is -5.30. The van der Waals surface area contributed by atoms with Gasteiger partial charge in [-0.05, 0) is 10.9 Å². The third-order valence-corrected chi connectivity index (χ3v) is 4.34. The molecule has 0 bridgehead atoms. The number of carboxylic acid groups (broad SMARTS) is 1. The van der Waals surface area contributed by atoms with E-state index in [1.807, 2.05) is 0 Å². The van der Waals surface area contributed by atoms with Gasteiger partial charge in [0.2, 0.25) is 0 Å². The number of carbonyl (C=O) groups is 1. The van der Waals surface area contributed by atoms with Crippen LogP contribution in [-0.4, -0.2) is 39.7 Å². The molecule has 0 radical (unpaired) electrons. The molecular weight excluding hydrogens is 473 g/mol. The van der Waals surface area contributed by atoms with Crippen molar-refractivity contribution in [3.05, 3.63) is 66.5 Å². The first-order valence-corrected chi connectivity index (χ1v) is 8.59. The Kier molecular flexibility index (Phi) is 6.98. The Bertz CT molecular complexity index is 1100. The van der Waals surface area contributed by atoms with Gasteiger partial charge in [-0.2, -0.15) is 39.5 Å². The second kappa shape index (κ2) is 8.89. The van der Waals surface area contributed by atoms with Crippen LogP contribution in [0.15, 0.2) is 60.9 Å². The number of aliphatic hydroxyl groups is 1. The summed E-state index contributed by atoms with van der Waals surface area (Å²) in [5, 5.41) is 18.1. The van der Waals surface area contributed by atoms with Gasteiger partial charge in [0.25, 0.3) is 5.60 Å². The van der Waals surface area contributed by atoms with Crippen molar-refractivity contribution in [2.45, 2.75) is 24.1 Å². The van der Waals surface area contributed by atoms with Crippen LogP contribution in [0.1, 0.15) is 5.56 Å². The highest BCUT2D eigenvalue weighted by atomic mass is 19.4. The van der Waals surface area contributed by atoms with E-state index < -0.39 is 35.7 Å². The molecule has 1 heterocycles. The molecule has 0 aliphatic heterocycles. The summed E-state index contributed by atoms with van der Waals surface area (Å²) in [4.78, 5) is 12.9. The van der Waals surface area contributed by atoms with Gasteiger partial charge in [-0.1, -0.05) is 48.5 Å². The average molecular weight is 485 g/mol. The molecular formula is C20H12F9NO3. The highest BCUT2D eigenvalue weighted by Crippen LogP contribution is 2.50. The molecule has 0 saturated carbocycles. The Hall–Kier alpha value is -3.35. The third kappa shape index (κ3) is 5.35. The van der Waals surface area contributed by atoms with E-state index in [2.05, 4.69) is 4.98 Å². The topological polar surface area (TPSA) is 70.4 Å². The van der Waals surface area contributed by atoms with Gasteiger partial charge in [-0.3, -0.25) is 4.98 Å². The van der Waals surface area contributed by atoms with E-state index in [9.17, 15) is 44.6 Å². The van der Waals surface area contributed by atoms with Crippen molar-refractivity contribution in [2.75, 3.05) is 0 Å². The second-order valence-corrected chi connectivity index (χ2v) is 6.49. The molecule has 0 fully saturated rings. The van der Waals surface area contributed by atoms with Gasteiger partial charge in [0.05, 0.1) is 0 Å². The minimum atomic E-state index is -5.91. The zero-order chi connectivity index (χ0) is 25.2. The molecule has 3 aromatic rings. The van der Waals surface area contributed by atoms with Gasteiger partial charge in [0, 0.05) is 28.9 Å². The van der Waals surface area contributed by atoms with Crippen LogP contribution in [0, 0.1) is 0 Å². The molecule has 0 spiro atoms. The number of alkyl halides is 9. The second-order valence-electron chi connectivity index (χ2n) is 6.49. The number of carboxylic acids is 1. The number of hydrogen-bond donors (Lipinski definition) is 2. The van der Waals surface area contributed by atoms with Crippen molar-refractivity contribution < 1.29 is 54.5 Å². The molecule has 2 aromatic carbocycles. The summed E-state index contributed by atoms with van der Waals surface area (Å²) in [6, 6.07) is 10.5. The van der Waals surface area contributed by atoms with Crippen LogP contribution in [0.25, 0.3) is 21.9 Å². The summed E-state index contributed by atoms with van der Waals surface area (Å²) in [6.07, 6.45) is -13.8. The first-order valence-electron chi connectivity index (χ1n) is 8.59. The van der Waals surface area contributed by atoms with Crippen molar-refractivity contribution >= 4 is 16.7 Å². The molecule has 1 aromatic heterocycles. The van der Waals surface area contributed by atoms with Gasteiger partial charge in [0.15, 0.2) is 0 Å². The number of hydrogen-bond acceptors (Lipinski definition) is 3. The Labute approximate surface area is 178 Å². The molecule has 0 aliphatic rings. The third-order valence-electron chi connectivity index (χ3n) is 4.34. The monoisotopic (exact) mass is 485 g/mol. The van der Waals surface area contributed by atoms with Crippen LogP contribution in [0.2, 0.25) is 0 Å². The molecule has 33 heavy (non-hydrogen) atoms. The molecule has 0 amide bonds. The molecule has 0 unspecified atom stereocenters. The van der Waals surface area contributed by atoms with E-state index in [1.54, 1.807) is 30.5 Å². The van der Waals surface area contributed by atoms with Crippen molar-refractivity contribution in [1.29, 1.82) is 0 Å². The van der Waals surface area contributed by atoms with Gasteiger partial charge in [-0.25, -0.2) is 4.79 Å². The predicted octanol–water partition coefficient (Wildman–Crippen LogP) is 5.85. The van der Waals surface area contributed by atoms with Crippen molar-refractivity contribution in [2.24, 2.45) is 0 Å². The lowest BCUT2D eigenvalue weighted by atomic mass is 9.90. The van der Waals surface area contributed by atoms with Crippen LogP contribution >= 0.6 is 0 Å². The largest absolute Gasteiger partial charge is 0.490 e. The minimum absolute atomic E-state index is 0.379. The Morgan fingerprint density at radius 2 is 1.24 bits per heavy atom. The van der Waals surface area contributed by atoms with Crippen LogP contribution in [0.5, 0.6) is 0 Å². The molecule has 178 valence electrons. The number of halogens is 9. The van der Waals surface area contributed by atoms with Crippen LogP contribution in [-0.2, 0) is 10.4 Å². The predicted molar refractivity (Wildman–Crippen MR) is 96.9 cm³/mol. The smallest absolute Gasteiger partial charge is 0.475 e. The van der Waals surface area contributed by atoms with Gasteiger partial charge < -0.3 is 10.2 Å². The summed E-state index contributed by atoms with van der Waals surface area (Å²) in [5.74, 6) is -2.76. The van der Waals surface area contributed by atoms with E-state index in [-0.39, 0.29) is 0 Å². The maximum atomic E-state index is 12.9. The fourth-order valence-corrected chi connectivity index (χ4v) is 2.73. The first-order chi connectivity index (χ1) is 15.0. The number of aliphatic carboxylic acids is 1. The minimum Gasteiger partial charge on any atom is -0.475 e. The molecule has 0 atom stereocenters. The van der Waals surface area contributed by atoms with Gasteiger partial charge >= 0.3 is 24.5 Å². The SMILES string of the molecule is O=C(O)C(F)(F)F.OC(c1ccc(-c2cncc3ccccc23)cc1)(C(F)(F)F)C(F)(F)F. The number of fused-ring (bicyclic) bond motifs is 1. The summed E-state index contributed by atoms with van der Waals surface area (Å²) in [7, 11) is 0. The van der Waals surface area contributed by atoms with E-state index in [1.165, 1.54) is 6.20 Å². The van der Waals surface area contributed by atoms with E-state index in [0.717, 1.165) is 22.9 Å². The summed E-state index contributed by atoms with van der Waals surface area (Å²) < 4.78 is 109. The highest BCUT2D eigenvalue weighted by Gasteiger charge is 2.71. The fourth-order valence-electron chi connectivity index (χ4n) is 2.73. The molecule has 3 rings (SSSR count).